The van der Waals surface area contributed by atoms with Crippen LogP contribution in [0.15, 0.2) is 48.5 Å². The smallest absolute Gasteiger partial charge is 0.254 e. The number of nitrogens with one attached hydrogen (secondary N) is 1. The third kappa shape index (κ3) is 3.52. The molecule has 2 aromatic rings. The van der Waals surface area contributed by atoms with E-state index in [0.29, 0.717) is 5.75 Å². The van der Waals surface area contributed by atoms with Gasteiger partial charge in [-0.25, -0.2) is 0 Å². The van der Waals surface area contributed by atoms with Crippen LogP contribution in [0, 0.1) is 0 Å². The molecule has 5 nitrogen and oxygen atoms in total. The van der Waals surface area contributed by atoms with Crippen molar-refractivity contribution in [2.45, 2.75) is 43.7 Å². The Morgan fingerprint density at radius 2 is 1.81 bits per heavy atom. The van der Waals surface area contributed by atoms with E-state index >= 15 is 0 Å². The van der Waals surface area contributed by atoms with Gasteiger partial charge in [-0.2, -0.15) is 0 Å². The standard InChI is InChI=1S/C22H25NO4/c1-25-17-11-9-16(10-12-17)22(13-5-2-6-14-22)23-21(24)20-18-7-3-4-8-19(18)26-15-27-20/h3-4,7-12,20H,2,5-6,13-15H2,1H3,(H,23,24). The van der Waals surface area contributed by atoms with E-state index in [0.717, 1.165) is 42.6 Å². The number of benzene rings is 2. The van der Waals surface area contributed by atoms with Gasteiger partial charge in [-0.3, -0.25) is 4.79 Å². The molecule has 1 aliphatic heterocycles. The molecule has 1 fully saturated rings. The molecule has 1 amide bonds. The third-order valence-corrected chi connectivity index (χ3v) is 5.60. The molecule has 142 valence electrons. The highest BCUT2D eigenvalue weighted by Gasteiger charge is 2.39. The van der Waals surface area contributed by atoms with E-state index in [-0.39, 0.29) is 18.2 Å². The monoisotopic (exact) mass is 367 g/mol. The van der Waals surface area contributed by atoms with Gasteiger partial charge in [-0.15, -0.1) is 0 Å². The fraction of sp³-hybridized carbons (Fsp3) is 0.409. The van der Waals surface area contributed by atoms with Crippen LogP contribution in [-0.4, -0.2) is 19.8 Å². The van der Waals surface area contributed by atoms with Crippen LogP contribution < -0.4 is 14.8 Å². The molecule has 0 radical (unpaired) electrons. The zero-order valence-electron chi connectivity index (χ0n) is 15.6. The Labute approximate surface area is 159 Å². The SMILES string of the molecule is COc1ccc(C2(NC(=O)C3OCOc4ccccc43)CCCCC2)cc1. The number of fused-ring (bicyclic) bond motifs is 1. The number of para-hydroxylation sites is 1. The van der Waals surface area contributed by atoms with Crippen molar-refractivity contribution in [1.29, 1.82) is 0 Å². The predicted molar refractivity (Wildman–Crippen MR) is 102 cm³/mol. The summed E-state index contributed by atoms with van der Waals surface area (Å²) in [5.74, 6) is 1.42. The lowest BCUT2D eigenvalue weighted by molar-refractivity contribution is -0.144. The van der Waals surface area contributed by atoms with E-state index in [1.54, 1.807) is 7.11 Å². The second-order valence-corrected chi connectivity index (χ2v) is 7.21. The lowest BCUT2D eigenvalue weighted by Crippen LogP contribution is -2.49. The van der Waals surface area contributed by atoms with Gasteiger partial charge < -0.3 is 19.5 Å². The highest BCUT2D eigenvalue weighted by Crippen LogP contribution is 2.39. The van der Waals surface area contributed by atoms with Crippen molar-refractivity contribution in [3.05, 3.63) is 59.7 Å². The van der Waals surface area contributed by atoms with E-state index in [1.807, 2.05) is 36.4 Å². The van der Waals surface area contributed by atoms with Crippen LogP contribution in [0.2, 0.25) is 0 Å². The van der Waals surface area contributed by atoms with Gasteiger partial charge in [0.2, 0.25) is 0 Å². The number of ether oxygens (including phenoxy) is 3. The van der Waals surface area contributed by atoms with Crippen molar-refractivity contribution >= 4 is 5.91 Å². The van der Waals surface area contributed by atoms with Gasteiger partial charge in [0.25, 0.3) is 5.91 Å². The number of hydrogen-bond acceptors (Lipinski definition) is 4. The first kappa shape index (κ1) is 17.9. The Morgan fingerprint density at radius 3 is 2.56 bits per heavy atom. The summed E-state index contributed by atoms with van der Waals surface area (Å²) < 4.78 is 16.5. The average molecular weight is 367 g/mol. The zero-order valence-corrected chi connectivity index (χ0v) is 15.6. The Hall–Kier alpha value is -2.53. The molecule has 0 saturated heterocycles. The Balaban J connectivity index is 1.61. The number of hydrogen-bond donors (Lipinski definition) is 1. The molecular weight excluding hydrogens is 342 g/mol. The summed E-state index contributed by atoms with van der Waals surface area (Å²) in [7, 11) is 1.66. The summed E-state index contributed by atoms with van der Waals surface area (Å²) in [5, 5.41) is 3.34. The van der Waals surface area contributed by atoms with Crippen molar-refractivity contribution in [3.63, 3.8) is 0 Å². The highest BCUT2D eigenvalue weighted by atomic mass is 16.7. The molecule has 5 heteroatoms. The molecule has 1 N–H and O–H groups in total. The molecule has 2 aliphatic rings. The van der Waals surface area contributed by atoms with Gasteiger partial charge >= 0.3 is 0 Å². The molecule has 0 aromatic heterocycles. The summed E-state index contributed by atoms with van der Waals surface area (Å²) >= 11 is 0. The van der Waals surface area contributed by atoms with Gasteiger partial charge in [0.15, 0.2) is 12.9 Å². The van der Waals surface area contributed by atoms with Gasteiger partial charge in [0.05, 0.1) is 12.6 Å². The molecule has 4 rings (SSSR count). The predicted octanol–water partition coefficient (Wildman–Crippen LogP) is 4.08. The number of carbonyl (C=O) groups is 1. The van der Waals surface area contributed by atoms with E-state index in [1.165, 1.54) is 6.42 Å². The zero-order chi connectivity index (χ0) is 18.7. The minimum atomic E-state index is -0.646. The van der Waals surface area contributed by atoms with Crippen molar-refractivity contribution in [2.24, 2.45) is 0 Å². The highest BCUT2D eigenvalue weighted by molar-refractivity contribution is 5.84. The van der Waals surface area contributed by atoms with E-state index < -0.39 is 6.10 Å². The largest absolute Gasteiger partial charge is 0.497 e. The Bertz CT molecular complexity index is 796. The van der Waals surface area contributed by atoms with Gasteiger partial charge in [0.1, 0.15) is 11.5 Å². The van der Waals surface area contributed by atoms with Crippen LogP contribution in [-0.2, 0) is 15.1 Å². The Kier molecular flexibility index (Phi) is 5.03. The van der Waals surface area contributed by atoms with Crippen LogP contribution in [0.5, 0.6) is 11.5 Å². The van der Waals surface area contributed by atoms with Crippen molar-refractivity contribution in [3.8, 4) is 11.5 Å². The summed E-state index contributed by atoms with van der Waals surface area (Å²) in [4.78, 5) is 13.2. The van der Waals surface area contributed by atoms with Crippen LogP contribution >= 0.6 is 0 Å². The molecule has 0 spiro atoms. The minimum absolute atomic E-state index is 0.0879. The summed E-state index contributed by atoms with van der Waals surface area (Å²) in [5.41, 5.74) is 1.54. The maximum atomic E-state index is 13.2. The number of amides is 1. The number of rotatable bonds is 4. The molecule has 0 bridgehead atoms. The van der Waals surface area contributed by atoms with Crippen LogP contribution in [0.1, 0.15) is 49.3 Å². The summed E-state index contributed by atoms with van der Waals surface area (Å²) in [6, 6.07) is 15.6. The van der Waals surface area contributed by atoms with Gasteiger partial charge in [-0.05, 0) is 36.6 Å². The molecule has 1 atom stereocenters. The molecule has 1 unspecified atom stereocenters. The fourth-order valence-electron chi connectivity index (χ4n) is 4.15. The molecule has 1 heterocycles. The van der Waals surface area contributed by atoms with Crippen LogP contribution in [0.3, 0.4) is 0 Å². The first-order chi connectivity index (χ1) is 13.2. The first-order valence-electron chi connectivity index (χ1n) is 9.52. The minimum Gasteiger partial charge on any atom is -0.497 e. The van der Waals surface area contributed by atoms with E-state index in [4.69, 9.17) is 14.2 Å². The van der Waals surface area contributed by atoms with Gasteiger partial charge in [-0.1, -0.05) is 49.6 Å². The second-order valence-electron chi connectivity index (χ2n) is 7.21. The molecule has 1 aliphatic carbocycles. The van der Waals surface area contributed by atoms with E-state index in [9.17, 15) is 4.79 Å². The lowest BCUT2D eigenvalue weighted by Gasteiger charge is -2.40. The molecule has 1 saturated carbocycles. The van der Waals surface area contributed by atoms with E-state index in [2.05, 4.69) is 17.4 Å². The maximum absolute atomic E-state index is 13.2. The topological polar surface area (TPSA) is 56.8 Å². The Morgan fingerprint density at radius 1 is 1.07 bits per heavy atom. The molecular formula is C22H25NO4. The van der Waals surface area contributed by atoms with Crippen molar-refractivity contribution in [2.75, 3.05) is 13.9 Å². The summed E-state index contributed by atoms with van der Waals surface area (Å²) in [6.45, 7) is 0.0879. The number of carbonyl (C=O) groups excluding carboxylic acids is 1. The maximum Gasteiger partial charge on any atom is 0.254 e. The quantitative estimate of drug-likeness (QED) is 0.885. The average Bonchev–Trinajstić information content (AvgIpc) is 2.74. The van der Waals surface area contributed by atoms with Crippen molar-refractivity contribution < 1.29 is 19.0 Å². The molecule has 2 aromatic carbocycles. The summed E-state index contributed by atoms with van der Waals surface area (Å²) in [6.07, 6.45) is 4.60. The normalized spacial score (nSPS) is 20.9. The lowest BCUT2D eigenvalue weighted by atomic mass is 9.76. The van der Waals surface area contributed by atoms with Crippen molar-refractivity contribution in [1.82, 2.24) is 5.32 Å². The second kappa shape index (κ2) is 7.61. The van der Waals surface area contributed by atoms with Gasteiger partial charge in [0, 0.05) is 5.56 Å². The van der Waals surface area contributed by atoms with Crippen LogP contribution in [0.4, 0.5) is 0 Å². The number of methoxy groups -OCH3 is 1. The molecule has 27 heavy (non-hydrogen) atoms. The third-order valence-electron chi connectivity index (χ3n) is 5.60. The van der Waals surface area contributed by atoms with Crippen LogP contribution in [0.25, 0.3) is 0 Å². The fourth-order valence-corrected chi connectivity index (χ4v) is 4.15. The first-order valence-corrected chi connectivity index (χ1v) is 9.52.